The van der Waals surface area contributed by atoms with E-state index in [1.54, 1.807) is 12.1 Å². The fourth-order valence-electron chi connectivity index (χ4n) is 1.72. The first-order valence-corrected chi connectivity index (χ1v) is 6.64. The minimum absolute atomic E-state index is 0.0545. The van der Waals surface area contributed by atoms with Crippen molar-refractivity contribution in [2.24, 2.45) is 0 Å². The Morgan fingerprint density at radius 1 is 1.05 bits per heavy atom. The van der Waals surface area contributed by atoms with Gasteiger partial charge in [0.1, 0.15) is 5.82 Å². The van der Waals surface area contributed by atoms with E-state index in [-0.39, 0.29) is 18.0 Å². The van der Waals surface area contributed by atoms with Crippen molar-refractivity contribution >= 4 is 17.4 Å². The molecule has 2 nitrogen and oxygen atoms in total. The molecule has 0 heterocycles. The van der Waals surface area contributed by atoms with E-state index >= 15 is 0 Å². The monoisotopic (exact) mass is 292 g/mol. The van der Waals surface area contributed by atoms with Gasteiger partial charge in [0.25, 0.3) is 0 Å². The van der Waals surface area contributed by atoms with E-state index in [2.05, 4.69) is 0 Å². The summed E-state index contributed by atoms with van der Waals surface area (Å²) in [5.41, 5.74) is 1.50. The van der Waals surface area contributed by atoms with Crippen LogP contribution in [0.15, 0.2) is 48.5 Å². The maximum Gasteiger partial charge on any atom is 0.165 e. The summed E-state index contributed by atoms with van der Waals surface area (Å²) in [6, 6.07) is 12.9. The molecule has 0 fully saturated rings. The second kappa shape index (κ2) is 7.17. The Kier molecular flexibility index (Phi) is 5.27. The highest BCUT2D eigenvalue weighted by molar-refractivity contribution is 6.30. The Hall–Kier alpha value is -1.71. The molecule has 0 atom stereocenters. The lowest BCUT2D eigenvalue weighted by Crippen LogP contribution is -2.05. The van der Waals surface area contributed by atoms with Gasteiger partial charge < -0.3 is 4.74 Å². The Labute approximate surface area is 122 Å². The Balaban J connectivity index is 1.74. The summed E-state index contributed by atoms with van der Waals surface area (Å²) >= 11 is 5.78. The van der Waals surface area contributed by atoms with Crippen molar-refractivity contribution in [1.29, 1.82) is 0 Å². The van der Waals surface area contributed by atoms with Gasteiger partial charge in [0.15, 0.2) is 5.78 Å². The molecular formula is C16H14ClFO2. The zero-order chi connectivity index (χ0) is 14.4. The number of Topliss-reactive ketones (excluding diaryl/α,β-unsaturated/α-hetero) is 1. The number of ether oxygens (including phenoxy) is 1. The zero-order valence-electron chi connectivity index (χ0n) is 10.8. The topological polar surface area (TPSA) is 26.3 Å². The van der Waals surface area contributed by atoms with Gasteiger partial charge in [0.2, 0.25) is 0 Å². The van der Waals surface area contributed by atoms with Gasteiger partial charge in [-0.2, -0.15) is 0 Å². The maximum absolute atomic E-state index is 12.7. The number of rotatable bonds is 6. The van der Waals surface area contributed by atoms with E-state index in [9.17, 15) is 9.18 Å². The van der Waals surface area contributed by atoms with Crippen LogP contribution >= 0.6 is 11.6 Å². The molecule has 0 saturated carbocycles. The lowest BCUT2D eigenvalue weighted by Gasteiger charge is -2.04. The molecule has 2 aromatic carbocycles. The van der Waals surface area contributed by atoms with Crippen molar-refractivity contribution in [3.8, 4) is 0 Å². The van der Waals surface area contributed by atoms with Crippen molar-refractivity contribution in [1.82, 2.24) is 0 Å². The number of hydrogen-bond donors (Lipinski definition) is 0. The van der Waals surface area contributed by atoms with Crippen LogP contribution in [0.5, 0.6) is 0 Å². The zero-order valence-corrected chi connectivity index (χ0v) is 11.6. The molecule has 0 radical (unpaired) electrons. The summed E-state index contributed by atoms with van der Waals surface area (Å²) in [4.78, 5) is 11.8. The van der Waals surface area contributed by atoms with Crippen molar-refractivity contribution in [2.75, 3.05) is 6.61 Å². The molecule has 0 saturated heterocycles. The largest absolute Gasteiger partial charge is 0.376 e. The van der Waals surface area contributed by atoms with Crippen LogP contribution in [0.3, 0.4) is 0 Å². The molecule has 2 rings (SSSR count). The summed E-state index contributed by atoms with van der Waals surface area (Å²) in [6.07, 6.45) is 0.277. The predicted octanol–water partition coefficient (Wildman–Crippen LogP) is 4.27. The molecule has 2 aromatic rings. The van der Waals surface area contributed by atoms with Gasteiger partial charge in [-0.1, -0.05) is 23.7 Å². The van der Waals surface area contributed by atoms with Crippen LogP contribution in [0.4, 0.5) is 4.39 Å². The molecule has 0 aromatic heterocycles. The maximum atomic E-state index is 12.7. The van der Waals surface area contributed by atoms with Gasteiger partial charge in [0, 0.05) is 17.0 Å². The quantitative estimate of drug-likeness (QED) is 0.587. The number of carbonyl (C=O) groups excluding carboxylic acids is 1. The average Bonchev–Trinajstić information content (AvgIpc) is 2.46. The van der Waals surface area contributed by atoms with Crippen molar-refractivity contribution in [3.63, 3.8) is 0 Å². The van der Waals surface area contributed by atoms with Crippen molar-refractivity contribution < 1.29 is 13.9 Å². The van der Waals surface area contributed by atoms with Gasteiger partial charge in [-0.25, -0.2) is 4.39 Å². The number of hydrogen-bond acceptors (Lipinski definition) is 2. The lowest BCUT2D eigenvalue weighted by atomic mass is 10.1. The number of halogens is 2. The minimum atomic E-state index is -0.347. The van der Waals surface area contributed by atoms with E-state index < -0.39 is 0 Å². The van der Waals surface area contributed by atoms with Crippen LogP contribution in [0, 0.1) is 5.82 Å². The van der Waals surface area contributed by atoms with Gasteiger partial charge >= 0.3 is 0 Å². The molecule has 4 heteroatoms. The number of carbonyl (C=O) groups is 1. The second-order valence-corrected chi connectivity index (χ2v) is 4.80. The molecule has 0 aliphatic rings. The predicted molar refractivity (Wildman–Crippen MR) is 76.5 cm³/mol. The first-order chi connectivity index (χ1) is 9.65. The highest BCUT2D eigenvalue weighted by atomic mass is 35.5. The molecule has 0 N–H and O–H groups in total. The van der Waals surface area contributed by atoms with Crippen LogP contribution in [0.1, 0.15) is 22.3 Å². The number of ketones is 1. The van der Waals surface area contributed by atoms with E-state index in [0.29, 0.717) is 23.8 Å². The first kappa shape index (κ1) is 14.7. The van der Waals surface area contributed by atoms with Crippen LogP contribution in [0.2, 0.25) is 5.02 Å². The van der Waals surface area contributed by atoms with Gasteiger partial charge in [-0.05, 0) is 42.0 Å². The van der Waals surface area contributed by atoms with Crippen molar-refractivity contribution in [2.45, 2.75) is 13.0 Å². The fraction of sp³-hybridized carbons (Fsp3) is 0.188. The molecule has 104 valence electrons. The summed E-state index contributed by atoms with van der Waals surface area (Å²) in [6.45, 7) is 0.771. The third-order valence-electron chi connectivity index (χ3n) is 2.82. The minimum Gasteiger partial charge on any atom is -0.376 e. The molecule has 0 aliphatic carbocycles. The molecular weight excluding hydrogens is 279 g/mol. The summed E-state index contributed by atoms with van der Waals surface area (Å²) < 4.78 is 18.2. The van der Waals surface area contributed by atoms with E-state index in [1.807, 2.05) is 12.1 Å². The lowest BCUT2D eigenvalue weighted by molar-refractivity contribution is 0.0848. The summed E-state index contributed by atoms with van der Waals surface area (Å²) in [5, 5.41) is 0.681. The standard InChI is InChI=1S/C16H14ClFO2/c17-14-5-1-12(2-6-14)11-20-10-9-16(19)13-3-7-15(18)8-4-13/h1-8H,9-11H2. The second-order valence-electron chi connectivity index (χ2n) is 4.36. The smallest absolute Gasteiger partial charge is 0.165 e. The van der Waals surface area contributed by atoms with Crippen LogP contribution in [-0.2, 0) is 11.3 Å². The normalized spacial score (nSPS) is 10.5. The highest BCUT2D eigenvalue weighted by Crippen LogP contribution is 2.11. The van der Waals surface area contributed by atoms with E-state index in [1.165, 1.54) is 24.3 Å². The van der Waals surface area contributed by atoms with E-state index in [0.717, 1.165) is 5.56 Å². The highest BCUT2D eigenvalue weighted by Gasteiger charge is 2.05. The Bertz CT molecular complexity index is 564. The molecule has 0 bridgehead atoms. The van der Waals surface area contributed by atoms with Crippen LogP contribution in [-0.4, -0.2) is 12.4 Å². The first-order valence-electron chi connectivity index (χ1n) is 6.26. The third-order valence-corrected chi connectivity index (χ3v) is 3.07. The number of benzene rings is 2. The van der Waals surface area contributed by atoms with Gasteiger partial charge in [-0.3, -0.25) is 4.79 Å². The molecule has 20 heavy (non-hydrogen) atoms. The van der Waals surface area contributed by atoms with Gasteiger partial charge in [-0.15, -0.1) is 0 Å². The molecule has 0 aliphatic heterocycles. The van der Waals surface area contributed by atoms with Gasteiger partial charge in [0.05, 0.1) is 13.2 Å². The third kappa shape index (κ3) is 4.44. The van der Waals surface area contributed by atoms with Crippen LogP contribution < -0.4 is 0 Å². The van der Waals surface area contributed by atoms with Crippen LogP contribution in [0.25, 0.3) is 0 Å². The Morgan fingerprint density at radius 2 is 1.70 bits per heavy atom. The Morgan fingerprint density at radius 3 is 2.35 bits per heavy atom. The fourth-order valence-corrected chi connectivity index (χ4v) is 1.84. The summed E-state index contributed by atoms with van der Waals surface area (Å²) in [5.74, 6) is -0.401. The average molecular weight is 293 g/mol. The molecule has 0 amide bonds. The summed E-state index contributed by atoms with van der Waals surface area (Å²) in [7, 11) is 0. The van der Waals surface area contributed by atoms with E-state index in [4.69, 9.17) is 16.3 Å². The van der Waals surface area contributed by atoms with Crippen molar-refractivity contribution in [3.05, 3.63) is 70.5 Å². The SMILES string of the molecule is O=C(CCOCc1ccc(Cl)cc1)c1ccc(F)cc1. The molecule has 0 spiro atoms. The molecule has 0 unspecified atom stereocenters.